The van der Waals surface area contributed by atoms with Crippen molar-refractivity contribution >= 4 is 11.7 Å². The van der Waals surface area contributed by atoms with Gasteiger partial charge in [-0.2, -0.15) is 0 Å². The standard InChI is InChI=1S/C12H17N3O2/c16-12(14-10-5-2-1-3-6-10)15-17-9-11-7-4-8-13-11/h1-3,5-6,11,13H,4,7-9H2,(H2,14,15,16). The lowest BCUT2D eigenvalue weighted by atomic mass is 10.2. The number of hydroxylamine groups is 1. The van der Waals surface area contributed by atoms with Gasteiger partial charge >= 0.3 is 6.03 Å². The molecule has 2 amide bonds. The first-order valence-electron chi connectivity index (χ1n) is 5.82. The van der Waals surface area contributed by atoms with Crippen molar-refractivity contribution in [2.75, 3.05) is 18.5 Å². The number of anilines is 1. The minimum Gasteiger partial charge on any atom is -0.312 e. The molecule has 0 saturated carbocycles. The van der Waals surface area contributed by atoms with Crippen LogP contribution in [0.25, 0.3) is 0 Å². The molecule has 1 aromatic carbocycles. The highest BCUT2D eigenvalue weighted by Gasteiger charge is 2.14. The molecular weight excluding hydrogens is 218 g/mol. The molecule has 1 aliphatic heterocycles. The minimum atomic E-state index is -0.353. The number of rotatable bonds is 4. The van der Waals surface area contributed by atoms with Gasteiger partial charge in [-0.05, 0) is 31.5 Å². The van der Waals surface area contributed by atoms with Crippen LogP contribution < -0.4 is 16.1 Å². The summed E-state index contributed by atoms with van der Waals surface area (Å²) in [5, 5.41) is 5.96. The van der Waals surface area contributed by atoms with Gasteiger partial charge < -0.3 is 10.6 Å². The Bertz CT molecular complexity index is 350. The van der Waals surface area contributed by atoms with Crippen molar-refractivity contribution in [1.29, 1.82) is 0 Å². The number of hydrogen-bond acceptors (Lipinski definition) is 3. The molecule has 1 fully saturated rings. The first-order chi connectivity index (χ1) is 8.34. The second kappa shape index (κ2) is 6.22. The molecule has 2 rings (SSSR count). The van der Waals surface area contributed by atoms with Gasteiger partial charge in [0.15, 0.2) is 0 Å². The lowest BCUT2D eigenvalue weighted by Crippen LogP contribution is -2.34. The Hall–Kier alpha value is -1.59. The average Bonchev–Trinajstić information content (AvgIpc) is 2.83. The molecule has 0 aliphatic carbocycles. The Morgan fingerprint density at radius 1 is 1.41 bits per heavy atom. The third kappa shape index (κ3) is 4.05. The number of nitrogens with one attached hydrogen (secondary N) is 3. The minimum absolute atomic E-state index is 0.353. The maximum atomic E-state index is 11.4. The molecule has 1 heterocycles. The van der Waals surface area contributed by atoms with E-state index in [2.05, 4.69) is 16.1 Å². The van der Waals surface area contributed by atoms with E-state index in [0.717, 1.165) is 18.7 Å². The van der Waals surface area contributed by atoms with Crippen LogP contribution in [-0.2, 0) is 4.84 Å². The number of carbonyl (C=O) groups excluding carboxylic acids is 1. The van der Waals surface area contributed by atoms with Gasteiger partial charge in [0.05, 0.1) is 6.61 Å². The molecule has 0 radical (unpaired) electrons. The van der Waals surface area contributed by atoms with Crippen LogP contribution in [0.2, 0.25) is 0 Å². The number of benzene rings is 1. The Kier molecular flexibility index (Phi) is 4.35. The topological polar surface area (TPSA) is 62.4 Å². The quantitative estimate of drug-likeness (QED) is 0.693. The Morgan fingerprint density at radius 2 is 2.24 bits per heavy atom. The van der Waals surface area contributed by atoms with Crippen molar-refractivity contribution in [3.8, 4) is 0 Å². The first-order valence-corrected chi connectivity index (χ1v) is 5.82. The molecule has 1 unspecified atom stereocenters. The summed E-state index contributed by atoms with van der Waals surface area (Å²) in [5.41, 5.74) is 3.11. The Morgan fingerprint density at radius 3 is 2.94 bits per heavy atom. The molecule has 1 saturated heterocycles. The van der Waals surface area contributed by atoms with Gasteiger partial charge in [0.2, 0.25) is 0 Å². The maximum absolute atomic E-state index is 11.4. The van der Waals surface area contributed by atoms with Gasteiger partial charge in [0.1, 0.15) is 0 Å². The zero-order valence-corrected chi connectivity index (χ0v) is 9.61. The van der Waals surface area contributed by atoms with Crippen LogP contribution in [0.4, 0.5) is 10.5 Å². The van der Waals surface area contributed by atoms with Gasteiger partial charge in [0.25, 0.3) is 0 Å². The van der Waals surface area contributed by atoms with Crippen molar-refractivity contribution in [2.24, 2.45) is 0 Å². The number of urea groups is 1. The molecule has 1 atom stereocenters. The normalized spacial score (nSPS) is 18.9. The van der Waals surface area contributed by atoms with Crippen molar-refractivity contribution < 1.29 is 9.63 Å². The number of hydrogen-bond donors (Lipinski definition) is 3. The summed E-state index contributed by atoms with van der Waals surface area (Å²) in [6, 6.07) is 9.25. The SMILES string of the molecule is O=C(NOCC1CCCN1)Nc1ccccc1. The molecule has 0 aromatic heterocycles. The van der Waals surface area contributed by atoms with E-state index in [1.54, 1.807) is 0 Å². The first kappa shape index (κ1) is 11.9. The monoisotopic (exact) mass is 235 g/mol. The number of carbonyl (C=O) groups is 1. The van der Waals surface area contributed by atoms with Crippen LogP contribution >= 0.6 is 0 Å². The van der Waals surface area contributed by atoms with Crippen LogP contribution in [0.5, 0.6) is 0 Å². The van der Waals surface area contributed by atoms with E-state index in [4.69, 9.17) is 4.84 Å². The van der Waals surface area contributed by atoms with Gasteiger partial charge in [-0.15, -0.1) is 0 Å². The summed E-state index contributed by atoms with van der Waals surface area (Å²) in [7, 11) is 0. The van der Waals surface area contributed by atoms with E-state index < -0.39 is 0 Å². The predicted octanol–water partition coefficient (Wildman–Crippen LogP) is 1.49. The fourth-order valence-electron chi connectivity index (χ4n) is 1.78. The van der Waals surface area contributed by atoms with Crippen LogP contribution in [0, 0.1) is 0 Å². The predicted molar refractivity (Wildman–Crippen MR) is 65.6 cm³/mol. The van der Waals surface area contributed by atoms with Gasteiger partial charge in [-0.1, -0.05) is 18.2 Å². The zero-order valence-electron chi connectivity index (χ0n) is 9.61. The van der Waals surface area contributed by atoms with Gasteiger partial charge in [-0.25, -0.2) is 10.3 Å². The van der Waals surface area contributed by atoms with Crippen molar-refractivity contribution in [2.45, 2.75) is 18.9 Å². The van der Waals surface area contributed by atoms with E-state index in [1.165, 1.54) is 6.42 Å². The number of amides is 2. The van der Waals surface area contributed by atoms with Crippen molar-refractivity contribution in [1.82, 2.24) is 10.8 Å². The highest BCUT2D eigenvalue weighted by molar-refractivity contribution is 5.88. The van der Waals surface area contributed by atoms with E-state index in [9.17, 15) is 4.79 Å². The van der Waals surface area contributed by atoms with Crippen LogP contribution in [0.3, 0.4) is 0 Å². The fraction of sp³-hybridized carbons (Fsp3) is 0.417. The molecule has 0 spiro atoms. The fourth-order valence-corrected chi connectivity index (χ4v) is 1.78. The largest absolute Gasteiger partial charge is 0.343 e. The highest BCUT2D eigenvalue weighted by Crippen LogP contribution is 2.05. The molecule has 5 nitrogen and oxygen atoms in total. The zero-order chi connectivity index (χ0) is 11.9. The molecular formula is C12H17N3O2. The highest BCUT2D eigenvalue weighted by atomic mass is 16.7. The second-order valence-electron chi connectivity index (χ2n) is 4.03. The van der Waals surface area contributed by atoms with Crippen LogP contribution in [0.15, 0.2) is 30.3 Å². The maximum Gasteiger partial charge on any atom is 0.343 e. The van der Waals surface area contributed by atoms with Gasteiger partial charge in [-0.3, -0.25) is 4.84 Å². The molecule has 17 heavy (non-hydrogen) atoms. The lowest BCUT2D eigenvalue weighted by Gasteiger charge is -2.11. The van der Waals surface area contributed by atoms with Crippen molar-refractivity contribution in [3.05, 3.63) is 30.3 Å². The molecule has 1 aromatic rings. The molecule has 92 valence electrons. The lowest BCUT2D eigenvalue weighted by molar-refractivity contribution is 0.0535. The summed E-state index contributed by atoms with van der Waals surface area (Å²) in [5.74, 6) is 0. The molecule has 1 aliphatic rings. The summed E-state index contributed by atoms with van der Waals surface area (Å²) >= 11 is 0. The average molecular weight is 235 g/mol. The third-order valence-corrected chi connectivity index (χ3v) is 2.64. The van der Waals surface area contributed by atoms with Gasteiger partial charge in [0, 0.05) is 11.7 Å². The van der Waals surface area contributed by atoms with Crippen LogP contribution in [-0.4, -0.2) is 25.2 Å². The van der Waals surface area contributed by atoms with E-state index in [0.29, 0.717) is 12.6 Å². The smallest absolute Gasteiger partial charge is 0.312 e. The van der Waals surface area contributed by atoms with E-state index in [-0.39, 0.29) is 6.03 Å². The second-order valence-corrected chi connectivity index (χ2v) is 4.03. The van der Waals surface area contributed by atoms with E-state index >= 15 is 0 Å². The summed E-state index contributed by atoms with van der Waals surface area (Å²) in [4.78, 5) is 16.5. The van der Waals surface area contributed by atoms with E-state index in [1.807, 2.05) is 30.3 Å². The summed E-state index contributed by atoms with van der Waals surface area (Å²) < 4.78 is 0. The Labute approximate surface area is 100 Å². The van der Waals surface area contributed by atoms with Crippen molar-refractivity contribution in [3.63, 3.8) is 0 Å². The molecule has 3 N–H and O–H groups in total. The van der Waals surface area contributed by atoms with Crippen LogP contribution in [0.1, 0.15) is 12.8 Å². The molecule has 5 heteroatoms. The number of para-hydroxylation sites is 1. The summed E-state index contributed by atoms with van der Waals surface area (Å²) in [6.45, 7) is 1.53. The Balaban J connectivity index is 1.64. The molecule has 0 bridgehead atoms. The third-order valence-electron chi connectivity index (χ3n) is 2.64. The summed E-state index contributed by atoms with van der Waals surface area (Å²) in [6.07, 6.45) is 2.27.